The number of aliphatic carboxylic acids is 1. The number of carbonyl (C=O) groups excluding carboxylic acids is 2. The number of alkyl carbamates (subject to hydrolysis) is 1. The zero-order valence-electron chi connectivity index (χ0n) is 17.0. The van der Waals surface area contributed by atoms with Crippen LogP contribution in [0.2, 0.25) is 0 Å². The fourth-order valence-corrected chi connectivity index (χ4v) is 2.33. The fraction of sp³-hybridized carbons (Fsp3) is 0.750. The average Bonchev–Trinajstić information content (AvgIpc) is 2.53. The van der Waals surface area contributed by atoms with Crippen LogP contribution in [0, 0.1) is 12.3 Å². The second-order valence-electron chi connectivity index (χ2n) is 7.87. The lowest BCUT2D eigenvalue weighted by atomic mass is 10.0. The monoisotopic (exact) mass is 382 g/mol. The number of rotatable bonds is 12. The molecular weight excluding hydrogens is 348 g/mol. The molecule has 2 amide bonds. The van der Waals surface area contributed by atoms with Crippen LogP contribution in [-0.2, 0) is 14.3 Å². The predicted octanol–water partition coefficient (Wildman–Crippen LogP) is 3.22. The van der Waals surface area contributed by atoms with Crippen molar-refractivity contribution >= 4 is 18.0 Å². The SMILES string of the molecule is C#CCCCCCCCCC(=O)N[C@@](C)(CNC(=O)OC(C)(C)C)C(=O)O. The molecule has 7 heteroatoms. The summed E-state index contributed by atoms with van der Waals surface area (Å²) in [6.45, 7) is 6.22. The minimum atomic E-state index is -1.59. The Morgan fingerprint density at radius 2 is 1.56 bits per heavy atom. The Labute approximate surface area is 162 Å². The Morgan fingerprint density at radius 3 is 2.07 bits per heavy atom. The molecule has 0 rings (SSSR count). The van der Waals surface area contributed by atoms with Crippen molar-refractivity contribution in [1.82, 2.24) is 10.6 Å². The van der Waals surface area contributed by atoms with Gasteiger partial charge in [0.15, 0.2) is 5.54 Å². The number of hydrogen-bond acceptors (Lipinski definition) is 4. The summed E-state index contributed by atoms with van der Waals surface area (Å²) in [4.78, 5) is 35.3. The molecule has 0 spiro atoms. The number of carboxylic acids is 1. The highest BCUT2D eigenvalue weighted by molar-refractivity contribution is 5.87. The summed E-state index contributed by atoms with van der Waals surface area (Å²) in [6.07, 6.45) is 11.3. The van der Waals surface area contributed by atoms with Gasteiger partial charge in [0.1, 0.15) is 5.60 Å². The number of amides is 2. The summed E-state index contributed by atoms with van der Waals surface area (Å²) in [5.74, 6) is 1.04. The van der Waals surface area contributed by atoms with Crippen molar-refractivity contribution in [2.24, 2.45) is 0 Å². The fourth-order valence-electron chi connectivity index (χ4n) is 2.33. The Morgan fingerprint density at radius 1 is 1.00 bits per heavy atom. The number of terminal acetylenes is 1. The minimum Gasteiger partial charge on any atom is -0.479 e. The maximum absolute atomic E-state index is 12.1. The molecule has 0 heterocycles. The normalized spacial score (nSPS) is 13.1. The van der Waals surface area contributed by atoms with E-state index in [1.807, 2.05) is 0 Å². The van der Waals surface area contributed by atoms with Crippen LogP contribution >= 0.6 is 0 Å². The molecule has 0 fully saturated rings. The maximum atomic E-state index is 12.1. The predicted molar refractivity (Wildman–Crippen MR) is 104 cm³/mol. The highest BCUT2D eigenvalue weighted by atomic mass is 16.6. The van der Waals surface area contributed by atoms with Crippen LogP contribution in [0.3, 0.4) is 0 Å². The van der Waals surface area contributed by atoms with Gasteiger partial charge in [-0.1, -0.05) is 25.7 Å². The molecule has 0 saturated carbocycles. The quantitative estimate of drug-likeness (QED) is 0.355. The first-order valence-corrected chi connectivity index (χ1v) is 9.45. The minimum absolute atomic E-state index is 0.250. The van der Waals surface area contributed by atoms with Crippen molar-refractivity contribution in [3.8, 4) is 12.3 Å². The summed E-state index contributed by atoms with van der Waals surface area (Å²) >= 11 is 0. The van der Waals surface area contributed by atoms with E-state index in [1.54, 1.807) is 20.8 Å². The number of nitrogens with one attached hydrogen (secondary N) is 2. The van der Waals surface area contributed by atoms with Crippen LogP contribution in [0.25, 0.3) is 0 Å². The largest absolute Gasteiger partial charge is 0.479 e. The van der Waals surface area contributed by atoms with Crippen molar-refractivity contribution in [3.63, 3.8) is 0 Å². The van der Waals surface area contributed by atoms with Crippen molar-refractivity contribution in [1.29, 1.82) is 0 Å². The van der Waals surface area contributed by atoms with Crippen molar-refractivity contribution < 1.29 is 24.2 Å². The van der Waals surface area contributed by atoms with E-state index in [-0.39, 0.29) is 18.9 Å². The molecular formula is C20H34N2O5. The topological polar surface area (TPSA) is 105 Å². The van der Waals surface area contributed by atoms with E-state index in [1.165, 1.54) is 6.92 Å². The second-order valence-corrected chi connectivity index (χ2v) is 7.87. The van der Waals surface area contributed by atoms with Gasteiger partial charge in [0.2, 0.25) is 5.91 Å². The highest BCUT2D eigenvalue weighted by Crippen LogP contribution is 2.11. The van der Waals surface area contributed by atoms with Gasteiger partial charge in [-0.15, -0.1) is 12.3 Å². The molecule has 3 N–H and O–H groups in total. The van der Waals surface area contributed by atoms with Gasteiger partial charge in [0.25, 0.3) is 0 Å². The highest BCUT2D eigenvalue weighted by Gasteiger charge is 2.35. The molecule has 0 aliphatic heterocycles. The summed E-state index contributed by atoms with van der Waals surface area (Å²) in [7, 11) is 0. The molecule has 0 aliphatic rings. The van der Waals surface area contributed by atoms with Gasteiger partial charge in [-0.2, -0.15) is 0 Å². The number of carboxylic acid groups (broad SMARTS) is 1. The number of unbranched alkanes of at least 4 members (excludes halogenated alkanes) is 6. The Kier molecular flexibility index (Phi) is 11.2. The van der Waals surface area contributed by atoms with E-state index in [0.29, 0.717) is 6.42 Å². The molecule has 0 bridgehead atoms. The Hall–Kier alpha value is -2.23. The first-order valence-electron chi connectivity index (χ1n) is 9.45. The van der Waals surface area contributed by atoms with E-state index in [4.69, 9.17) is 11.2 Å². The zero-order chi connectivity index (χ0) is 20.9. The van der Waals surface area contributed by atoms with Crippen LogP contribution in [0.1, 0.15) is 79.1 Å². The van der Waals surface area contributed by atoms with Crippen LogP contribution < -0.4 is 10.6 Å². The van der Waals surface area contributed by atoms with E-state index in [0.717, 1.165) is 38.5 Å². The number of ether oxygens (including phenoxy) is 1. The number of carbonyl (C=O) groups is 3. The third-order valence-electron chi connectivity index (χ3n) is 3.85. The molecule has 0 aliphatic carbocycles. The Bertz CT molecular complexity index is 533. The molecule has 0 unspecified atom stereocenters. The van der Waals surface area contributed by atoms with Gasteiger partial charge in [-0.3, -0.25) is 4.79 Å². The molecule has 1 atom stereocenters. The average molecular weight is 383 g/mol. The van der Waals surface area contributed by atoms with Gasteiger partial charge in [-0.25, -0.2) is 9.59 Å². The third-order valence-corrected chi connectivity index (χ3v) is 3.85. The van der Waals surface area contributed by atoms with Crippen LogP contribution in [-0.4, -0.2) is 40.8 Å². The van der Waals surface area contributed by atoms with Crippen molar-refractivity contribution in [2.75, 3.05) is 6.54 Å². The van der Waals surface area contributed by atoms with Crippen LogP contribution in [0.4, 0.5) is 4.79 Å². The van der Waals surface area contributed by atoms with Gasteiger partial charge >= 0.3 is 12.1 Å². The van der Waals surface area contributed by atoms with Gasteiger partial charge in [0.05, 0.1) is 6.54 Å². The van der Waals surface area contributed by atoms with Crippen molar-refractivity contribution in [3.05, 3.63) is 0 Å². The molecule has 0 aromatic heterocycles. The molecule has 7 nitrogen and oxygen atoms in total. The van der Waals surface area contributed by atoms with Gasteiger partial charge < -0.3 is 20.5 Å². The third kappa shape index (κ3) is 12.7. The molecule has 154 valence electrons. The summed E-state index contributed by atoms with van der Waals surface area (Å²) in [6, 6.07) is 0. The molecule has 0 saturated heterocycles. The van der Waals surface area contributed by atoms with E-state index in [9.17, 15) is 19.5 Å². The second kappa shape index (κ2) is 12.2. The standard InChI is InChI=1S/C20H34N2O5/c1-6-7-8-9-10-11-12-13-14-16(23)22-20(5,17(24)25)15-21-18(26)27-19(2,3)4/h1H,7-15H2,2-5H3,(H,21,26)(H,22,23)(H,24,25)/t20-/m0/s1. The first-order chi connectivity index (χ1) is 12.5. The van der Waals surface area contributed by atoms with E-state index < -0.39 is 23.2 Å². The van der Waals surface area contributed by atoms with Crippen molar-refractivity contribution in [2.45, 2.75) is 90.2 Å². The lowest BCUT2D eigenvalue weighted by molar-refractivity contribution is -0.146. The van der Waals surface area contributed by atoms with E-state index >= 15 is 0 Å². The van der Waals surface area contributed by atoms with E-state index in [2.05, 4.69) is 16.6 Å². The van der Waals surface area contributed by atoms with Gasteiger partial charge in [-0.05, 0) is 40.5 Å². The molecule has 27 heavy (non-hydrogen) atoms. The lowest BCUT2D eigenvalue weighted by Gasteiger charge is -2.27. The van der Waals surface area contributed by atoms with Crippen LogP contribution in [0.15, 0.2) is 0 Å². The summed E-state index contributed by atoms with van der Waals surface area (Å²) in [5.41, 5.74) is -2.28. The molecule has 0 aromatic carbocycles. The smallest absolute Gasteiger partial charge is 0.407 e. The number of hydrogen-bond donors (Lipinski definition) is 3. The first kappa shape index (κ1) is 24.8. The molecule has 0 radical (unpaired) electrons. The maximum Gasteiger partial charge on any atom is 0.407 e. The Balaban J connectivity index is 4.23. The zero-order valence-corrected chi connectivity index (χ0v) is 17.0. The van der Waals surface area contributed by atoms with Crippen LogP contribution in [0.5, 0.6) is 0 Å². The summed E-state index contributed by atoms with van der Waals surface area (Å²) in [5, 5.41) is 14.3. The molecule has 0 aromatic rings. The lowest BCUT2D eigenvalue weighted by Crippen LogP contribution is -2.59. The summed E-state index contributed by atoms with van der Waals surface area (Å²) < 4.78 is 5.08. The van der Waals surface area contributed by atoms with Gasteiger partial charge in [0, 0.05) is 12.8 Å².